The van der Waals surface area contributed by atoms with Crippen molar-refractivity contribution in [2.45, 2.75) is 13.0 Å². The van der Waals surface area contributed by atoms with E-state index in [9.17, 15) is 4.79 Å². The minimum Gasteiger partial charge on any atom is -0.344 e. The molecule has 0 radical (unpaired) electrons. The van der Waals surface area contributed by atoms with Gasteiger partial charge < -0.3 is 10.3 Å². The van der Waals surface area contributed by atoms with Crippen molar-refractivity contribution in [3.8, 4) is 0 Å². The highest BCUT2D eigenvalue weighted by Gasteiger charge is 2.11. The zero-order valence-electron chi connectivity index (χ0n) is 8.97. The van der Waals surface area contributed by atoms with Crippen molar-refractivity contribution in [3.63, 3.8) is 0 Å². The molecule has 16 heavy (non-hydrogen) atoms. The number of aromatic nitrogens is 2. The second kappa shape index (κ2) is 4.61. The maximum absolute atomic E-state index is 11.7. The van der Waals surface area contributed by atoms with Gasteiger partial charge in [0.25, 0.3) is 5.91 Å². The summed E-state index contributed by atoms with van der Waals surface area (Å²) in [6.45, 7) is 1.95. The second-order valence-electron chi connectivity index (χ2n) is 3.57. The Hall–Kier alpha value is -2.10. The molecule has 0 spiro atoms. The SMILES string of the molecule is C[C@H](NC(=O)c1cnc[nH]1)c1ccccc1. The van der Waals surface area contributed by atoms with Gasteiger partial charge in [-0.05, 0) is 12.5 Å². The summed E-state index contributed by atoms with van der Waals surface area (Å²) in [5.41, 5.74) is 1.55. The molecule has 1 aromatic heterocycles. The molecule has 1 atom stereocenters. The smallest absolute Gasteiger partial charge is 0.269 e. The number of rotatable bonds is 3. The second-order valence-corrected chi connectivity index (χ2v) is 3.57. The first-order valence-electron chi connectivity index (χ1n) is 5.11. The number of hydrogen-bond acceptors (Lipinski definition) is 2. The summed E-state index contributed by atoms with van der Waals surface area (Å²) in [7, 11) is 0. The number of hydrogen-bond donors (Lipinski definition) is 2. The Morgan fingerprint density at radius 3 is 2.75 bits per heavy atom. The molecule has 2 aromatic rings. The predicted molar refractivity (Wildman–Crippen MR) is 60.9 cm³/mol. The fraction of sp³-hybridized carbons (Fsp3) is 0.167. The van der Waals surface area contributed by atoms with Crippen LogP contribution in [0.5, 0.6) is 0 Å². The lowest BCUT2D eigenvalue weighted by molar-refractivity contribution is 0.0935. The predicted octanol–water partition coefficient (Wildman–Crippen LogP) is 1.90. The third-order valence-electron chi connectivity index (χ3n) is 2.39. The van der Waals surface area contributed by atoms with Crippen molar-refractivity contribution in [2.75, 3.05) is 0 Å². The molecular weight excluding hydrogens is 202 g/mol. The first kappa shape index (κ1) is 10.4. The molecule has 4 nitrogen and oxygen atoms in total. The molecule has 4 heteroatoms. The Kier molecular flexibility index (Phi) is 3.00. The fourth-order valence-corrected chi connectivity index (χ4v) is 1.48. The summed E-state index contributed by atoms with van der Waals surface area (Å²) in [5, 5.41) is 2.89. The molecule has 1 heterocycles. The van der Waals surface area contributed by atoms with Crippen LogP contribution in [0.3, 0.4) is 0 Å². The Bertz CT molecular complexity index is 450. The Balaban J connectivity index is 2.03. The van der Waals surface area contributed by atoms with Crippen LogP contribution in [0.1, 0.15) is 29.0 Å². The highest BCUT2D eigenvalue weighted by atomic mass is 16.1. The van der Waals surface area contributed by atoms with Crippen LogP contribution in [0.25, 0.3) is 0 Å². The van der Waals surface area contributed by atoms with Crippen LogP contribution in [0.4, 0.5) is 0 Å². The van der Waals surface area contributed by atoms with Gasteiger partial charge in [0.05, 0.1) is 18.6 Å². The number of aromatic amines is 1. The lowest BCUT2D eigenvalue weighted by atomic mass is 10.1. The van der Waals surface area contributed by atoms with Gasteiger partial charge in [-0.3, -0.25) is 4.79 Å². The van der Waals surface area contributed by atoms with Crippen molar-refractivity contribution in [2.24, 2.45) is 0 Å². The summed E-state index contributed by atoms with van der Waals surface area (Å²) >= 11 is 0. The molecule has 0 aliphatic carbocycles. The minimum absolute atomic E-state index is 0.0167. The van der Waals surface area contributed by atoms with Crippen LogP contribution in [0.15, 0.2) is 42.9 Å². The number of imidazole rings is 1. The number of H-pyrrole nitrogens is 1. The van der Waals surface area contributed by atoms with Gasteiger partial charge in [-0.15, -0.1) is 0 Å². The van der Waals surface area contributed by atoms with E-state index in [1.165, 1.54) is 12.5 Å². The Morgan fingerprint density at radius 2 is 2.12 bits per heavy atom. The van der Waals surface area contributed by atoms with E-state index in [1.807, 2.05) is 37.3 Å². The largest absolute Gasteiger partial charge is 0.344 e. The third-order valence-corrected chi connectivity index (χ3v) is 2.39. The van der Waals surface area contributed by atoms with E-state index in [0.717, 1.165) is 5.56 Å². The van der Waals surface area contributed by atoms with E-state index in [2.05, 4.69) is 15.3 Å². The van der Waals surface area contributed by atoms with Gasteiger partial charge in [-0.25, -0.2) is 4.98 Å². The van der Waals surface area contributed by atoms with E-state index >= 15 is 0 Å². The molecule has 0 fully saturated rings. The fourth-order valence-electron chi connectivity index (χ4n) is 1.48. The van der Waals surface area contributed by atoms with E-state index in [4.69, 9.17) is 0 Å². The van der Waals surface area contributed by atoms with Crippen molar-refractivity contribution in [3.05, 3.63) is 54.1 Å². The van der Waals surface area contributed by atoms with E-state index in [-0.39, 0.29) is 11.9 Å². The first-order chi connectivity index (χ1) is 7.77. The quantitative estimate of drug-likeness (QED) is 0.821. The number of benzene rings is 1. The van der Waals surface area contributed by atoms with E-state index < -0.39 is 0 Å². The molecule has 0 saturated carbocycles. The van der Waals surface area contributed by atoms with E-state index in [0.29, 0.717) is 5.69 Å². The van der Waals surface area contributed by atoms with Crippen molar-refractivity contribution in [1.29, 1.82) is 0 Å². The lowest BCUT2D eigenvalue weighted by Crippen LogP contribution is -2.26. The van der Waals surface area contributed by atoms with Gasteiger partial charge in [-0.2, -0.15) is 0 Å². The zero-order valence-corrected chi connectivity index (χ0v) is 8.97. The molecule has 0 saturated heterocycles. The molecule has 2 N–H and O–H groups in total. The van der Waals surface area contributed by atoms with Crippen molar-refractivity contribution >= 4 is 5.91 Å². The summed E-state index contributed by atoms with van der Waals surface area (Å²) in [5.74, 6) is -0.145. The number of nitrogens with zero attached hydrogens (tertiary/aromatic N) is 1. The Morgan fingerprint density at radius 1 is 1.38 bits per heavy atom. The summed E-state index contributed by atoms with van der Waals surface area (Å²) < 4.78 is 0. The van der Waals surface area contributed by atoms with Gasteiger partial charge >= 0.3 is 0 Å². The van der Waals surface area contributed by atoms with Crippen LogP contribution in [0.2, 0.25) is 0 Å². The minimum atomic E-state index is -0.145. The molecule has 0 aliphatic heterocycles. The van der Waals surface area contributed by atoms with Gasteiger partial charge in [0, 0.05) is 0 Å². The molecule has 82 valence electrons. The zero-order chi connectivity index (χ0) is 11.4. The molecule has 2 rings (SSSR count). The Labute approximate surface area is 93.7 Å². The van der Waals surface area contributed by atoms with Gasteiger partial charge in [-0.1, -0.05) is 30.3 Å². The van der Waals surface area contributed by atoms with Crippen molar-refractivity contribution < 1.29 is 4.79 Å². The van der Waals surface area contributed by atoms with Gasteiger partial charge in [0.2, 0.25) is 0 Å². The molecule has 0 aliphatic rings. The summed E-state index contributed by atoms with van der Waals surface area (Å²) in [6.07, 6.45) is 3.00. The van der Waals surface area contributed by atoms with Crippen molar-refractivity contribution in [1.82, 2.24) is 15.3 Å². The molecule has 0 unspecified atom stereocenters. The number of amides is 1. The number of carbonyl (C=O) groups excluding carboxylic acids is 1. The van der Waals surface area contributed by atoms with Crippen LogP contribution in [-0.4, -0.2) is 15.9 Å². The lowest BCUT2D eigenvalue weighted by Gasteiger charge is -2.13. The highest BCUT2D eigenvalue weighted by Crippen LogP contribution is 2.11. The van der Waals surface area contributed by atoms with E-state index in [1.54, 1.807) is 0 Å². The van der Waals surface area contributed by atoms with Crippen LogP contribution in [-0.2, 0) is 0 Å². The van der Waals surface area contributed by atoms with Crippen LogP contribution < -0.4 is 5.32 Å². The highest BCUT2D eigenvalue weighted by molar-refractivity contribution is 5.92. The average Bonchev–Trinajstić information content (AvgIpc) is 2.83. The van der Waals surface area contributed by atoms with Crippen LogP contribution in [0, 0.1) is 0 Å². The summed E-state index contributed by atoms with van der Waals surface area (Å²) in [6, 6.07) is 9.81. The molecule has 0 bridgehead atoms. The van der Waals surface area contributed by atoms with Gasteiger partial charge in [0.1, 0.15) is 5.69 Å². The standard InChI is InChI=1S/C12H13N3O/c1-9(10-5-3-2-4-6-10)15-12(16)11-7-13-8-14-11/h2-9H,1H3,(H,13,14)(H,15,16)/t9-/m0/s1. The first-order valence-corrected chi connectivity index (χ1v) is 5.11. The number of nitrogens with one attached hydrogen (secondary N) is 2. The molecule has 1 aromatic carbocycles. The maximum Gasteiger partial charge on any atom is 0.269 e. The summed E-state index contributed by atoms with van der Waals surface area (Å²) in [4.78, 5) is 18.3. The number of carbonyl (C=O) groups is 1. The third kappa shape index (κ3) is 2.28. The monoisotopic (exact) mass is 215 g/mol. The maximum atomic E-state index is 11.7. The topological polar surface area (TPSA) is 57.8 Å². The molecule has 1 amide bonds. The normalized spacial score (nSPS) is 12.1. The van der Waals surface area contributed by atoms with Crippen LogP contribution >= 0.6 is 0 Å². The average molecular weight is 215 g/mol. The van der Waals surface area contributed by atoms with Gasteiger partial charge in [0.15, 0.2) is 0 Å². The molecular formula is C12H13N3O.